The van der Waals surface area contributed by atoms with Gasteiger partial charge in [0.2, 0.25) is 0 Å². The largest absolute Gasteiger partial charge is 0.492 e. The highest BCUT2D eigenvalue weighted by atomic mass is 16.5. The van der Waals surface area contributed by atoms with E-state index in [4.69, 9.17) is 10.00 Å². The van der Waals surface area contributed by atoms with Gasteiger partial charge in [-0.3, -0.25) is 0 Å². The first-order chi connectivity index (χ1) is 10.2. The van der Waals surface area contributed by atoms with E-state index >= 15 is 0 Å². The molecule has 0 atom stereocenters. The number of aryl methyl sites for hydroxylation is 1. The third-order valence-electron chi connectivity index (χ3n) is 3.27. The van der Waals surface area contributed by atoms with Crippen LogP contribution in [0.25, 0.3) is 0 Å². The van der Waals surface area contributed by atoms with E-state index in [-0.39, 0.29) is 0 Å². The molecule has 21 heavy (non-hydrogen) atoms. The van der Waals surface area contributed by atoms with Crippen molar-refractivity contribution < 1.29 is 4.74 Å². The molecule has 0 fully saturated rings. The Bertz CT molecular complexity index is 627. The van der Waals surface area contributed by atoms with E-state index in [1.165, 1.54) is 5.56 Å². The lowest BCUT2D eigenvalue weighted by Crippen LogP contribution is -2.13. The highest BCUT2D eigenvalue weighted by Crippen LogP contribution is 2.13. The number of aromatic nitrogens is 3. The fourth-order valence-corrected chi connectivity index (χ4v) is 2.15. The maximum absolute atomic E-state index is 9.07. The summed E-state index contributed by atoms with van der Waals surface area (Å²) in [4.78, 5) is 0. The summed E-state index contributed by atoms with van der Waals surface area (Å²) < 4.78 is 7.50. The van der Waals surface area contributed by atoms with Crippen LogP contribution in [0.4, 0.5) is 0 Å². The van der Waals surface area contributed by atoms with Crippen molar-refractivity contribution in [1.29, 1.82) is 5.26 Å². The molecule has 2 aromatic rings. The number of nitriles is 1. The van der Waals surface area contributed by atoms with Gasteiger partial charge < -0.3 is 4.74 Å². The minimum Gasteiger partial charge on any atom is -0.492 e. The van der Waals surface area contributed by atoms with Crippen molar-refractivity contribution in [3.63, 3.8) is 0 Å². The SMILES string of the molecule is CCCCc1c(C#N)nnn1CCOc1cccc(C)c1. The molecule has 0 unspecified atom stereocenters. The average molecular weight is 284 g/mol. The standard InChI is InChI=1S/C16H20N4O/c1-3-4-8-16-15(12-17)18-19-20(16)9-10-21-14-7-5-6-13(2)11-14/h5-7,11H,3-4,8-10H2,1-2H3. The first-order valence-corrected chi connectivity index (χ1v) is 7.26. The van der Waals surface area contributed by atoms with Gasteiger partial charge in [-0.25, -0.2) is 4.68 Å². The van der Waals surface area contributed by atoms with Crippen LogP contribution in [0.5, 0.6) is 5.75 Å². The lowest BCUT2D eigenvalue weighted by molar-refractivity contribution is 0.287. The average Bonchev–Trinajstić information content (AvgIpc) is 2.87. The van der Waals surface area contributed by atoms with Gasteiger partial charge in [0.1, 0.15) is 18.4 Å². The summed E-state index contributed by atoms with van der Waals surface area (Å²) in [6, 6.07) is 10.0. The van der Waals surface area contributed by atoms with Crippen molar-refractivity contribution in [2.75, 3.05) is 6.61 Å². The number of unbranched alkanes of at least 4 members (excludes halogenated alkanes) is 1. The van der Waals surface area contributed by atoms with Crippen LogP contribution in [0.1, 0.15) is 36.7 Å². The molecular formula is C16H20N4O. The Kier molecular flexibility index (Phi) is 5.33. The van der Waals surface area contributed by atoms with Gasteiger partial charge in [-0.05, 0) is 37.5 Å². The fraction of sp³-hybridized carbons (Fsp3) is 0.438. The molecule has 1 aromatic heterocycles. The second-order valence-electron chi connectivity index (χ2n) is 4.99. The molecule has 0 bridgehead atoms. The van der Waals surface area contributed by atoms with Crippen LogP contribution in [0.15, 0.2) is 24.3 Å². The van der Waals surface area contributed by atoms with Gasteiger partial charge in [0.05, 0.1) is 12.2 Å². The molecule has 110 valence electrons. The smallest absolute Gasteiger partial charge is 0.185 e. The number of benzene rings is 1. The maximum atomic E-state index is 9.07. The zero-order valence-electron chi connectivity index (χ0n) is 12.5. The first kappa shape index (κ1) is 15.0. The molecule has 1 heterocycles. The van der Waals surface area contributed by atoms with Crippen LogP contribution in [-0.4, -0.2) is 21.6 Å². The van der Waals surface area contributed by atoms with Crippen molar-refractivity contribution in [3.8, 4) is 11.8 Å². The Hall–Kier alpha value is -2.35. The normalized spacial score (nSPS) is 10.3. The number of hydrogen-bond donors (Lipinski definition) is 0. The third-order valence-corrected chi connectivity index (χ3v) is 3.27. The first-order valence-electron chi connectivity index (χ1n) is 7.26. The number of nitrogens with zero attached hydrogens (tertiary/aromatic N) is 4. The van der Waals surface area contributed by atoms with E-state index in [1.54, 1.807) is 4.68 Å². The van der Waals surface area contributed by atoms with Crippen LogP contribution < -0.4 is 4.74 Å². The van der Waals surface area contributed by atoms with Crippen LogP contribution in [0.2, 0.25) is 0 Å². The maximum Gasteiger partial charge on any atom is 0.185 e. The van der Waals surface area contributed by atoms with E-state index in [0.717, 1.165) is 30.7 Å². The van der Waals surface area contributed by atoms with Crippen LogP contribution in [-0.2, 0) is 13.0 Å². The molecule has 0 aliphatic rings. The van der Waals surface area contributed by atoms with Crippen molar-refractivity contribution >= 4 is 0 Å². The summed E-state index contributed by atoms with van der Waals surface area (Å²) in [6.07, 6.45) is 2.94. The van der Waals surface area contributed by atoms with Crippen molar-refractivity contribution in [1.82, 2.24) is 15.0 Å². The molecule has 0 spiro atoms. The van der Waals surface area contributed by atoms with Crippen LogP contribution in [0.3, 0.4) is 0 Å². The minimum atomic E-state index is 0.430. The highest BCUT2D eigenvalue weighted by Gasteiger charge is 2.11. The molecule has 0 saturated carbocycles. The molecule has 0 aliphatic heterocycles. The number of hydrogen-bond acceptors (Lipinski definition) is 4. The summed E-state index contributed by atoms with van der Waals surface area (Å²) in [5.41, 5.74) is 2.51. The molecule has 5 heteroatoms. The Balaban J connectivity index is 1.96. The Morgan fingerprint density at radius 1 is 1.38 bits per heavy atom. The van der Waals surface area contributed by atoms with Gasteiger partial charge in [-0.15, -0.1) is 5.10 Å². The molecule has 0 N–H and O–H groups in total. The molecule has 0 saturated heterocycles. The minimum absolute atomic E-state index is 0.430. The zero-order valence-corrected chi connectivity index (χ0v) is 12.5. The molecule has 5 nitrogen and oxygen atoms in total. The zero-order chi connectivity index (χ0) is 15.1. The lowest BCUT2D eigenvalue weighted by atomic mass is 10.2. The topological polar surface area (TPSA) is 63.7 Å². The Labute approximate surface area is 125 Å². The van der Waals surface area contributed by atoms with Crippen molar-refractivity contribution in [2.24, 2.45) is 0 Å². The Morgan fingerprint density at radius 3 is 2.95 bits per heavy atom. The van der Waals surface area contributed by atoms with Gasteiger partial charge in [-0.2, -0.15) is 5.26 Å². The van der Waals surface area contributed by atoms with Gasteiger partial charge in [0.25, 0.3) is 0 Å². The summed E-state index contributed by atoms with van der Waals surface area (Å²) in [5.74, 6) is 0.853. The van der Waals surface area contributed by atoms with Gasteiger partial charge in [-0.1, -0.05) is 30.7 Å². The van der Waals surface area contributed by atoms with E-state index in [2.05, 4.69) is 23.3 Å². The Morgan fingerprint density at radius 2 is 2.24 bits per heavy atom. The highest BCUT2D eigenvalue weighted by molar-refractivity contribution is 5.27. The van der Waals surface area contributed by atoms with Crippen molar-refractivity contribution in [3.05, 3.63) is 41.2 Å². The molecule has 2 rings (SSSR count). The fourth-order valence-electron chi connectivity index (χ4n) is 2.15. The van der Waals surface area contributed by atoms with Gasteiger partial charge >= 0.3 is 0 Å². The molecule has 0 radical (unpaired) electrons. The van der Waals surface area contributed by atoms with E-state index in [1.807, 2.05) is 31.2 Å². The summed E-state index contributed by atoms with van der Waals surface area (Å²) in [5, 5.41) is 17.0. The predicted octanol–water partition coefficient (Wildman–Crippen LogP) is 2.88. The monoisotopic (exact) mass is 284 g/mol. The lowest BCUT2D eigenvalue weighted by Gasteiger charge is -2.09. The van der Waals surface area contributed by atoms with Crippen molar-refractivity contribution in [2.45, 2.75) is 39.7 Å². The van der Waals surface area contributed by atoms with E-state index in [9.17, 15) is 0 Å². The second-order valence-corrected chi connectivity index (χ2v) is 4.99. The number of ether oxygens (including phenoxy) is 1. The molecule has 1 aromatic carbocycles. The van der Waals surface area contributed by atoms with E-state index in [0.29, 0.717) is 18.8 Å². The second kappa shape index (κ2) is 7.44. The number of rotatable bonds is 7. The van der Waals surface area contributed by atoms with Gasteiger partial charge in [0, 0.05) is 0 Å². The van der Waals surface area contributed by atoms with Crippen LogP contribution >= 0.6 is 0 Å². The quantitative estimate of drug-likeness (QED) is 0.784. The van der Waals surface area contributed by atoms with E-state index < -0.39 is 0 Å². The summed E-state index contributed by atoms with van der Waals surface area (Å²) >= 11 is 0. The third kappa shape index (κ3) is 4.06. The molecule has 0 aliphatic carbocycles. The van der Waals surface area contributed by atoms with Crippen LogP contribution in [0, 0.1) is 18.3 Å². The molecule has 0 amide bonds. The molecular weight excluding hydrogens is 264 g/mol. The summed E-state index contributed by atoms with van der Waals surface area (Å²) in [7, 11) is 0. The predicted molar refractivity (Wildman–Crippen MR) is 80.0 cm³/mol. The summed E-state index contributed by atoms with van der Waals surface area (Å²) in [6.45, 7) is 5.27. The van der Waals surface area contributed by atoms with Gasteiger partial charge in [0.15, 0.2) is 5.69 Å².